The number of ether oxygens (including phenoxy) is 1. The molecule has 1 aromatic heterocycles. The summed E-state index contributed by atoms with van der Waals surface area (Å²) in [5.74, 6) is 0.202. The van der Waals surface area contributed by atoms with Crippen molar-refractivity contribution in [2.75, 3.05) is 26.2 Å². The third-order valence-corrected chi connectivity index (χ3v) is 8.38. The molecule has 2 atom stereocenters. The van der Waals surface area contributed by atoms with Crippen molar-refractivity contribution in [3.8, 4) is 17.1 Å². The smallest absolute Gasteiger partial charge is 0.248 e. The number of primary amides is 1. The molecule has 2 heterocycles. The number of amides is 4. The molecule has 48 heavy (non-hydrogen) atoms. The summed E-state index contributed by atoms with van der Waals surface area (Å²) in [6.45, 7) is 9.68. The van der Waals surface area contributed by atoms with Crippen LogP contribution in [0.15, 0.2) is 59.3 Å². The number of hydrogen-bond acceptors (Lipinski definition) is 8. The van der Waals surface area contributed by atoms with Crippen molar-refractivity contribution < 1.29 is 28.3 Å². The van der Waals surface area contributed by atoms with E-state index in [-0.39, 0.29) is 24.3 Å². The Balaban J connectivity index is 1.18. The van der Waals surface area contributed by atoms with E-state index in [0.29, 0.717) is 56.2 Å². The van der Waals surface area contributed by atoms with Gasteiger partial charge in [0.1, 0.15) is 17.8 Å². The third kappa shape index (κ3) is 10.1. The topological polar surface area (TPSA) is 169 Å². The number of nitrogens with one attached hydrogen (secondary N) is 3. The summed E-state index contributed by atoms with van der Waals surface area (Å²) in [6, 6.07) is 13.1. The highest BCUT2D eigenvalue weighted by Crippen LogP contribution is 2.26. The van der Waals surface area contributed by atoms with Gasteiger partial charge in [-0.15, -0.1) is 0 Å². The van der Waals surface area contributed by atoms with Gasteiger partial charge >= 0.3 is 0 Å². The molecule has 258 valence electrons. The van der Waals surface area contributed by atoms with Gasteiger partial charge in [-0.25, -0.2) is 4.98 Å². The van der Waals surface area contributed by atoms with Crippen LogP contribution in [0.4, 0.5) is 0 Å². The Morgan fingerprint density at radius 3 is 2.42 bits per heavy atom. The molecule has 1 fully saturated rings. The van der Waals surface area contributed by atoms with Crippen molar-refractivity contribution in [2.45, 2.75) is 78.4 Å². The first-order chi connectivity index (χ1) is 22.9. The number of hydrogen-bond donors (Lipinski definition) is 4. The lowest BCUT2D eigenvalue weighted by molar-refractivity contribution is -0.143. The Kier molecular flexibility index (Phi) is 12.7. The van der Waals surface area contributed by atoms with Crippen LogP contribution in [0.3, 0.4) is 0 Å². The zero-order valence-corrected chi connectivity index (χ0v) is 28.3. The van der Waals surface area contributed by atoms with Crippen LogP contribution in [0.25, 0.3) is 11.3 Å². The fourth-order valence-electron chi connectivity index (χ4n) is 5.63. The van der Waals surface area contributed by atoms with Crippen LogP contribution in [0.2, 0.25) is 0 Å². The minimum Gasteiger partial charge on any atom is -0.494 e. The fraction of sp³-hybridized carbons (Fsp3) is 0.472. The van der Waals surface area contributed by atoms with E-state index in [4.69, 9.17) is 14.9 Å². The molecule has 0 unspecified atom stereocenters. The van der Waals surface area contributed by atoms with Crippen molar-refractivity contribution in [3.05, 3.63) is 71.7 Å². The molecule has 0 aliphatic carbocycles. The molecule has 1 aliphatic rings. The van der Waals surface area contributed by atoms with Gasteiger partial charge in [-0.1, -0.05) is 45.0 Å². The molecular weight excluding hydrogens is 612 g/mol. The predicted molar refractivity (Wildman–Crippen MR) is 182 cm³/mol. The standard InChI is InChI=1S/C36H48N6O6/c1-24-31(48-23-40-24)26-12-10-25(11-13-26)21-39-34(45)29-9-8-19-42(29)35(46)32(36(2,3)4)41-30(43)22-38-18-6-5-7-20-47-28-16-14-27(15-17-28)33(37)44/h10-17,23,29,32,38H,5-9,18-22H2,1-4H3,(H2,37,44)(H,39,45)(H,41,43)/t29-,32+/m0/s1. The molecule has 0 spiro atoms. The number of unbranched alkanes of at least 4 members (excludes halogenated alkanes) is 2. The van der Waals surface area contributed by atoms with Crippen LogP contribution >= 0.6 is 0 Å². The highest BCUT2D eigenvalue weighted by molar-refractivity contribution is 5.93. The number of carbonyl (C=O) groups is 4. The van der Waals surface area contributed by atoms with Crippen LogP contribution in [0.5, 0.6) is 5.75 Å². The molecule has 4 rings (SSSR count). The summed E-state index contributed by atoms with van der Waals surface area (Å²) in [6.07, 6.45) is 5.30. The molecule has 1 saturated heterocycles. The molecular formula is C36H48N6O6. The first kappa shape index (κ1) is 36.1. The Labute approximate surface area is 282 Å². The Hall–Kier alpha value is -4.71. The summed E-state index contributed by atoms with van der Waals surface area (Å²) in [5.41, 5.74) is 7.78. The van der Waals surface area contributed by atoms with Gasteiger partial charge in [-0.2, -0.15) is 0 Å². The van der Waals surface area contributed by atoms with Crippen molar-refractivity contribution in [1.29, 1.82) is 0 Å². The Morgan fingerprint density at radius 1 is 1.04 bits per heavy atom. The summed E-state index contributed by atoms with van der Waals surface area (Å²) < 4.78 is 11.2. The van der Waals surface area contributed by atoms with E-state index in [9.17, 15) is 19.2 Å². The van der Waals surface area contributed by atoms with Gasteiger partial charge < -0.3 is 35.7 Å². The van der Waals surface area contributed by atoms with Crippen molar-refractivity contribution in [1.82, 2.24) is 25.8 Å². The van der Waals surface area contributed by atoms with E-state index in [1.54, 1.807) is 29.2 Å². The lowest BCUT2D eigenvalue weighted by Gasteiger charge is -2.35. The zero-order valence-electron chi connectivity index (χ0n) is 28.3. The van der Waals surface area contributed by atoms with E-state index in [0.717, 1.165) is 36.1 Å². The van der Waals surface area contributed by atoms with Gasteiger partial charge in [0, 0.05) is 24.2 Å². The minimum absolute atomic E-state index is 0.0846. The van der Waals surface area contributed by atoms with Crippen molar-refractivity contribution in [3.63, 3.8) is 0 Å². The highest BCUT2D eigenvalue weighted by Gasteiger charge is 2.41. The van der Waals surface area contributed by atoms with Crippen molar-refractivity contribution in [2.24, 2.45) is 11.1 Å². The number of nitrogens with two attached hydrogens (primary N) is 1. The number of nitrogens with zero attached hydrogens (tertiary/aromatic N) is 2. The van der Waals surface area contributed by atoms with Crippen molar-refractivity contribution >= 4 is 23.6 Å². The second-order valence-corrected chi connectivity index (χ2v) is 13.2. The SMILES string of the molecule is Cc1ncoc1-c1ccc(CNC(=O)[C@@H]2CCCN2C(=O)[C@@H](NC(=O)CNCCCCCOc2ccc(C(N)=O)cc2)C(C)(C)C)cc1. The van der Waals surface area contributed by atoms with Gasteiger partial charge in [0.2, 0.25) is 23.6 Å². The average molecular weight is 661 g/mol. The third-order valence-electron chi connectivity index (χ3n) is 8.38. The Morgan fingerprint density at radius 2 is 1.77 bits per heavy atom. The van der Waals surface area contributed by atoms with Gasteiger partial charge in [0.25, 0.3) is 0 Å². The minimum atomic E-state index is -0.776. The molecule has 12 nitrogen and oxygen atoms in total. The molecule has 2 aromatic carbocycles. The zero-order chi connectivity index (χ0) is 34.7. The number of likely N-dealkylation sites (tertiary alicyclic amines) is 1. The number of oxazole rings is 1. The monoisotopic (exact) mass is 660 g/mol. The van der Waals surface area contributed by atoms with Crippen LogP contribution in [-0.4, -0.2) is 71.8 Å². The maximum absolute atomic E-state index is 13.8. The Bertz CT molecular complexity index is 1530. The molecule has 0 saturated carbocycles. The quantitative estimate of drug-likeness (QED) is 0.169. The van der Waals surface area contributed by atoms with E-state index >= 15 is 0 Å². The first-order valence-corrected chi connectivity index (χ1v) is 16.5. The molecule has 5 N–H and O–H groups in total. The lowest BCUT2D eigenvalue weighted by Crippen LogP contribution is -2.58. The second-order valence-electron chi connectivity index (χ2n) is 13.2. The van der Waals surface area contributed by atoms with E-state index in [2.05, 4.69) is 20.9 Å². The maximum Gasteiger partial charge on any atom is 0.248 e. The summed E-state index contributed by atoms with van der Waals surface area (Å²) in [4.78, 5) is 56.8. The molecule has 4 amide bonds. The van der Waals surface area contributed by atoms with E-state index in [1.165, 1.54) is 6.39 Å². The molecule has 3 aromatic rings. The molecule has 12 heteroatoms. The number of carbonyl (C=O) groups excluding carboxylic acids is 4. The maximum atomic E-state index is 13.8. The number of rotatable bonds is 16. The molecule has 0 bridgehead atoms. The van der Waals surface area contributed by atoms with Gasteiger partial charge in [-0.05, 0) is 80.8 Å². The lowest BCUT2D eigenvalue weighted by atomic mass is 9.85. The van der Waals surface area contributed by atoms with Gasteiger partial charge in [0.15, 0.2) is 12.2 Å². The van der Waals surface area contributed by atoms with E-state index in [1.807, 2.05) is 52.0 Å². The molecule has 1 aliphatic heterocycles. The number of aromatic nitrogens is 1. The second kappa shape index (κ2) is 16.9. The highest BCUT2D eigenvalue weighted by atomic mass is 16.5. The number of aryl methyl sites for hydroxylation is 1. The first-order valence-electron chi connectivity index (χ1n) is 16.5. The number of benzene rings is 2. The predicted octanol–water partition coefficient (Wildman–Crippen LogP) is 3.73. The van der Waals surface area contributed by atoms with Gasteiger partial charge in [0.05, 0.1) is 18.8 Å². The normalized spacial score (nSPS) is 15.2. The summed E-state index contributed by atoms with van der Waals surface area (Å²) in [7, 11) is 0. The largest absolute Gasteiger partial charge is 0.494 e. The summed E-state index contributed by atoms with van der Waals surface area (Å²) >= 11 is 0. The van der Waals surface area contributed by atoms with E-state index < -0.39 is 23.4 Å². The molecule has 0 radical (unpaired) electrons. The summed E-state index contributed by atoms with van der Waals surface area (Å²) in [5, 5.41) is 9.07. The van der Waals surface area contributed by atoms with Gasteiger partial charge in [-0.3, -0.25) is 19.2 Å². The van der Waals surface area contributed by atoms with Crippen LogP contribution in [0.1, 0.15) is 74.5 Å². The average Bonchev–Trinajstić information content (AvgIpc) is 3.73. The van der Waals surface area contributed by atoms with Crippen LogP contribution < -0.4 is 26.4 Å². The van der Waals surface area contributed by atoms with Crippen LogP contribution in [-0.2, 0) is 20.9 Å². The van der Waals surface area contributed by atoms with Crippen LogP contribution in [0, 0.1) is 12.3 Å². The fourth-order valence-corrected chi connectivity index (χ4v) is 5.63.